The molecule has 7 nitrogen and oxygen atoms in total. The van der Waals surface area contributed by atoms with Gasteiger partial charge in [0.05, 0.1) is 35.6 Å². The summed E-state index contributed by atoms with van der Waals surface area (Å²) in [6, 6.07) is 13.5. The van der Waals surface area contributed by atoms with Crippen LogP contribution in [-0.4, -0.2) is 50.5 Å². The van der Waals surface area contributed by atoms with Crippen LogP contribution >= 0.6 is 0 Å². The van der Waals surface area contributed by atoms with Crippen LogP contribution in [0, 0.1) is 5.82 Å². The minimum Gasteiger partial charge on any atom is -0.379 e. The van der Waals surface area contributed by atoms with Crippen molar-refractivity contribution in [1.29, 1.82) is 0 Å². The molecule has 1 aliphatic rings. The van der Waals surface area contributed by atoms with Crippen molar-refractivity contribution < 1.29 is 18.1 Å². The Morgan fingerprint density at radius 1 is 1.14 bits per heavy atom. The highest BCUT2D eigenvalue weighted by Crippen LogP contribution is 2.21. The zero-order valence-corrected chi connectivity index (χ0v) is 16.3. The first-order valence-electron chi connectivity index (χ1n) is 9.07. The van der Waals surface area contributed by atoms with Gasteiger partial charge in [-0.3, -0.25) is 4.79 Å². The summed E-state index contributed by atoms with van der Waals surface area (Å²) < 4.78 is 35.4. The number of rotatable bonds is 5. The van der Waals surface area contributed by atoms with Crippen LogP contribution in [0.25, 0.3) is 5.69 Å². The summed E-state index contributed by atoms with van der Waals surface area (Å²) in [5, 5.41) is 6.91. The summed E-state index contributed by atoms with van der Waals surface area (Å²) in [7, 11) is -1.66. The first kappa shape index (κ1) is 19.4. The van der Waals surface area contributed by atoms with Crippen molar-refractivity contribution in [2.24, 2.45) is 0 Å². The lowest BCUT2D eigenvalue weighted by Gasteiger charge is -2.25. The maximum absolute atomic E-state index is 14.2. The Morgan fingerprint density at radius 2 is 1.90 bits per heavy atom. The number of benzene rings is 2. The number of ether oxygens (including phenoxy) is 1. The average molecular weight is 414 g/mol. The van der Waals surface area contributed by atoms with E-state index in [1.54, 1.807) is 15.2 Å². The molecule has 3 aromatic rings. The molecule has 0 saturated carbocycles. The molecule has 1 N–H and O–H groups in total. The highest BCUT2D eigenvalue weighted by molar-refractivity contribution is 7.82. The molecule has 1 aliphatic heterocycles. The normalized spacial score (nSPS) is 15.8. The summed E-state index contributed by atoms with van der Waals surface area (Å²) in [6.07, 6.45) is 3.07. The minimum atomic E-state index is -1.66. The third kappa shape index (κ3) is 4.42. The Bertz CT molecular complexity index is 1040. The third-order valence-corrected chi connectivity index (χ3v) is 5.97. The van der Waals surface area contributed by atoms with Gasteiger partial charge in [0, 0.05) is 25.0 Å². The molecule has 29 heavy (non-hydrogen) atoms. The van der Waals surface area contributed by atoms with Gasteiger partial charge < -0.3 is 10.1 Å². The number of hydrogen-bond donors (Lipinski definition) is 1. The molecule has 1 atom stereocenters. The molecule has 4 rings (SSSR count). The molecule has 9 heteroatoms. The lowest BCUT2D eigenvalue weighted by Crippen LogP contribution is -2.37. The number of nitrogens with zero attached hydrogens (tertiary/aromatic N) is 3. The third-order valence-electron chi connectivity index (χ3n) is 4.45. The number of amides is 1. The number of anilines is 1. The number of para-hydroxylation sites is 1. The molecular weight excluding hydrogens is 395 g/mol. The van der Waals surface area contributed by atoms with Gasteiger partial charge in [0.2, 0.25) is 0 Å². The predicted molar refractivity (Wildman–Crippen MR) is 107 cm³/mol. The molecule has 0 bridgehead atoms. The minimum absolute atomic E-state index is 0.0321. The van der Waals surface area contributed by atoms with E-state index in [-0.39, 0.29) is 10.8 Å². The number of halogens is 1. The van der Waals surface area contributed by atoms with Gasteiger partial charge in [-0.2, -0.15) is 5.10 Å². The first-order valence-corrected chi connectivity index (χ1v) is 10.2. The number of carbonyl (C=O) groups is 1. The lowest BCUT2D eigenvalue weighted by atomic mass is 10.2. The molecule has 0 radical (unpaired) electrons. The Balaban J connectivity index is 1.50. The molecule has 1 saturated heterocycles. The van der Waals surface area contributed by atoms with Crippen molar-refractivity contribution in [2.75, 3.05) is 31.6 Å². The van der Waals surface area contributed by atoms with E-state index in [4.69, 9.17) is 4.74 Å². The Morgan fingerprint density at radius 3 is 2.66 bits per heavy atom. The van der Waals surface area contributed by atoms with Crippen LogP contribution < -0.4 is 5.32 Å². The van der Waals surface area contributed by atoms with Gasteiger partial charge in [-0.15, -0.1) is 0 Å². The monoisotopic (exact) mass is 414 g/mol. The maximum Gasteiger partial charge on any atom is 0.258 e. The molecule has 0 aliphatic carbocycles. The quantitative estimate of drug-likeness (QED) is 0.696. The van der Waals surface area contributed by atoms with E-state index in [1.165, 1.54) is 24.4 Å². The number of hydrogen-bond acceptors (Lipinski definition) is 4. The van der Waals surface area contributed by atoms with E-state index < -0.39 is 16.8 Å². The molecule has 1 unspecified atom stereocenters. The summed E-state index contributed by atoms with van der Waals surface area (Å²) in [4.78, 5) is 12.6. The Kier molecular flexibility index (Phi) is 5.79. The number of nitrogens with one attached hydrogen (secondary N) is 1. The average Bonchev–Trinajstić information content (AvgIpc) is 3.26. The van der Waals surface area contributed by atoms with Crippen molar-refractivity contribution in [3.63, 3.8) is 0 Å². The summed E-state index contributed by atoms with van der Waals surface area (Å²) >= 11 is 0. The number of carbonyl (C=O) groups excluding carboxylic acids is 1. The lowest BCUT2D eigenvalue weighted by molar-refractivity contribution is 0.0751. The zero-order valence-electron chi connectivity index (χ0n) is 15.5. The largest absolute Gasteiger partial charge is 0.379 e. The van der Waals surface area contributed by atoms with Crippen LogP contribution in [0.2, 0.25) is 0 Å². The zero-order chi connectivity index (χ0) is 20.2. The van der Waals surface area contributed by atoms with Crippen molar-refractivity contribution in [2.45, 2.75) is 4.90 Å². The Labute approximate surface area is 169 Å². The van der Waals surface area contributed by atoms with Crippen LogP contribution in [-0.2, 0) is 15.7 Å². The van der Waals surface area contributed by atoms with E-state index in [0.717, 1.165) is 5.69 Å². The van der Waals surface area contributed by atoms with Gasteiger partial charge in [0.1, 0.15) is 16.8 Å². The van der Waals surface area contributed by atoms with E-state index in [1.807, 2.05) is 30.3 Å². The van der Waals surface area contributed by atoms with Gasteiger partial charge in [0.15, 0.2) is 0 Å². The van der Waals surface area contributed by atoms with Crippen LogP contribution in [0.4, 0.5) is 10.1 Å². The summed E-state index contributed by atoms with van der Waals surface area (Å²) in [6.45, 7) is 1.83. The number of aromatic nitrogens is 2. The number of morpholine rings is 1. The second-order valence-corrected chi connectivity index (χ2v) is 7.85. The molecule has 2 aromatic carbocycles. The van der Waals surface area contributed by atoms with Gasteiger partial charge in [0.25, 0.3) is 5.91 Å². The summed E-state index contributed by atoms with van der Waals surface area (Å²) in [5.74, 6) is -0.966. The van der Waals surface area contributed by atoms with Crippen molar-refractivity contribution in [3.8, 4) is 5.69 Å². The topological polar surface area (TPSA) is 76.5 Å². The molecule has 0 spiro atoms. The van der Waals surface area contributed by atoms with E-state index >= 15 is 0 Å². The van der Waals surface area contributed by atoms with Gasteiger partial charge in [-0.1, -0.05) is 18.2 Å². The molecule has 2 heterocycles. The molecular formula is C20H19FN4O3S. The standard InChI is InChI=1S/C20H19FN4O3S/c21-18-7-6-16(12-19(18)29(27)24-8-10-28-11-9-24)23-20(26)15-13-22-25(14-15)17-4-2-1-3-5-17/h1-7,12-14H,8-11H2,(H,23,26). The second-order valence-electron chi connectivity index (χ2n) is 6.40. The van der Waals surface area contributed by atoms with Crippen LogP contribution in [0.5, 0.6) is 0 Å². The van der Waals surface area contributed by atoms with E-state index in [2.05, 4.69) is 10.4 Å². The van der Waals surface area contributed by atoms with Crippen LogP contribution in [0.15, 0.2) is 65.8 Å². The fourth-order valence-electron chi connectivity index (χ4n) is 2.93. The highest BCUT2D eigenvalue weighted by Gasteiger charge is 2.22. The molecule has 1 aromatic heterocycles. The maximum atomic E-state index is 14.2. The van der Waals surface area contributed by atoms with Crippen molar-refractivity contribution in [3.05, 3.63) is 72.3 Å². The fourth-order valence-corrected chi connectivity index (χ4v) is 4.15. The van der Waals surface area contributed by atoms with Gasteiger partial charge in [-0.25, -0.2) is 17.6 Å². The van der Waals surface area contributed by atoms with E-state index in [9.17, 15) is 13.4 Å². The predicted octanol–water partition coefficient (Wildman–Crippen LogP) is 2.62. The van der Waals surface area contributed by atoms with Gasteiger partial charge >= 0.3 is 0 Å². The summed E-state index contributed by atoms with van der Waals surface area (Å²) in [5.41, 5.74) is 1.55. The molecule has 150 valence electrons. The van der Waals surface area contributed by atoms with E-state index in [0.29, 0.717) is 37.6 Å². The second kappa shape index (κ2) is 8.64. The van der Waals surface area contributed by atoms with Gasteiger partial charge in [-0.05, 0) is 30.3 Å². The first-order chi connectivity index (χ1) is 14.1. The molecule has 1 amide bonds. The fraction of sp³-hybridized carbons (Fsp3) is 0.200. The SMILES string of the molecule is O=C(Nc1ccc(F)c(S(=O)N2CCOCC2)c1)c1cnn(-c2ccccc2)c1. The van der Waals surface area contributed by atoms with Crippen molar-refractivity contribution >= 4 is 22.6 Å². The Hall–Kier alpha value is -2.88. The van der Waals surface area contributed by atoms with Crippen LogP contribution in [0.1, 0.15) is 10.4 Å². The highest BCUT2D eigenvalue weighted by atomic mass is 32.2. The van der Waals surface area contributed by atoms with Crippen LogP contribution in [0.3, 0.4) is 0 Å². The smallest absolute Gasteiger partial charge is 0.258 e. The van der Waals surface area contributed by atoms with Crippen molar-refractivity contribution in [1.82, 2.24) is 14.1 Å². The molecule has 1 fully saturated rings.